The minimum atomic E-state index is -0.790. The zero-order valence-electron chi connectivity index (χ0n) is 20.0. The van der Waals surface area contributed by atoms with Crippen molar-refractivity contribution in [3.8, 4) is 6.07 Å². The second-order valence-corrected chi connectivity index (χ2v) is 9.72. The van der Waals surface area contributed by atoms with Crippen molar-refractivity contribution in [2.45, 2.75) is 25.9 Å². The molecular weight excluding hydrogens is 509 g/mol. The van der Waals surface area contributed by atoms with Gasteiger partial charge >= 0.3 is 6.03 Å². The first-order chi connectivity index (χ1) is 17.9. The number of nitrogens with zero attached hydrogens (tertiary/aromatic N) is 3. The Hall–Kier alpha value is -3.99. The number of allylic oxidation sites excluding steroid dienone is 1. The summed E-state index contributed by atoms with van der Waals surface area (Å²) in [5, 5.41) is 17.8. The molecule has 1 aliphatic heterocycles. The van der Waals surface area contributed by atoms with E-state index in [1.165, 1.54) is 11.0 Å². The lowest BCUT2D eigenvalue weighted by Gasteiger charge is -2.24. The molecule has 4 aromatic rings. The standard InChI is InChI=1S/C28H23Cl2N5O2/c1-2-34-24-6-4-3-5-22(24)23-15-20(7-8-25(23)34)32-27(36)26-11-17(9-10-31)16-35(26)28(37)33-21-13-18(29)12-19(30)14-21/h3-9,12-15,26H,2,11,16H2,1H3,(H,32,36)(H,33,37)/t26-/m0/s1. The number of para-hydroxylation sites is 1. The van der Waals surface area contributed by atoms with Gasteiger partial charge in [-0.05, 0) is 55.0 Å². The third kappa shape index (κ3) is 4.86. The number of hydrogen-bond acceptors (Lipinski definition) is 3. The van der Waals surface area contributed by atoms with Gasteiger partial charge in [0.1, 0.15) is 6.04 Å². The lowest BCUT2D eigenvalue weighted by molar-refractivity contribution is -0.119. The van der Waals surface area contributed by atoms with E-state index in [1.54, 1.807) is 18.2 Å². The summed E-state index contributed by atoms with van der Waals surface area (Å²) in [5.41, 5.74) is 3.97. The van der Waals surface area contributed by atoms with Crippen LogP contribution in [-0.2, 0) is 11.3 Å². The Balaban J connectivity index is 1.41. The minimum Gasteiger partial charge on any atom is -0.341 e. The zero-order chi connectivity index (χ0) is 26.1. The van der Waals surface area contributed by atoms with Crippen LogP contribution in [0, 0.1) is 11.3 Å². The summed E-state index contributed by atoms with van der Waals surface area (Å²) < 4.78 is 2.24. The topological polar surface area (TPSA) is 90.2 Å². The summed E-state index contributed by atoms with van der Waals surface area (Å²) in [7, 11) is 0. The molecule has 1 fully saturated rings. The smallest absolute Gasteiger partial charge is 0.322 e. The molecule has 5 rings (SSSR count). The number of urea groups is 1. The second kappa shape index (κ2) is 10.2. The lowest BCUT2D eigenvalue weighted by Crippen LogP contribution is -2.45. The molecule has 37 heavy (non-hydrogen) atoms. The summed E-state index contributed by atoms with van der Waals surface area (Å²) in [6.45, 7) is 3.09. The quantitative estimate of drug-likeness (QED) is 0.283. The van der Waals surface area contributed by atoms with E-state index in [0.29, 0.717) is 27.0 Å². The number of anilines is 2. The van der Waals surface area contributed by atoms with Crippen molar-refractivity contribution >= 4 is 68.3 Å². The van der Waals surface area contributed by atoms with Crippen molar-refractivity contribution in [2.75, 3.05) is 17.2 Å². The number of nitrogens with one attached hydrogen (secondary N) is 2. The van der Waals surface area contributed by atoms with Crippen LogP contribution in [0.15, 0.2) is 72.3 Å². The van der Waals surface area contributed by atoms with E-state index < -0.39 is 12.1 Å². The average Bonchev–Trinajstić information content (AvgIpc) is 3.43. The average molecular weight is 532 g/mol. The van der Waals surface area contributed by atoms with E-state index in [2.05, 4.69) is 34.3 Å². The first-order valence-electron chi connectivity index (χ1n) is 11.8. The molecule has 0 aliphatic carbocycles. The van der Waals surface area contributed by atoms with Crippen LogP contribution in [0.1, 0.15) is 13.3 Å². The van der Waals surface area contributed by atoms with Gasteiger partial charge in [-0.2, -0.15) is 5.26 Å². The molecule has 3 amide bonds. The molecule has 2 heterocycles. The minimum absolute atomic E-state index is 0.162. The molecule has 3 aromatic carbocycles. The molecule has 1 saturated heterocycles. The Bertz CT molecular complexity index is 1600. The highest BCUT2D eigenvalue weighted by Crippen LogP contribution is 2.32. The normalized spacial score (nSPS) is 16.3. The zero-order valence-corrected chi connectivity index (χ0v) is 21.5. The van der Waals surface area contributed by atoms with Gasteiger partial charge in [-0.3, -0.25) is 4.79 Å². The van der Waals surface area contributed by atoms with Crippen LogP contribution in [0.4, 0.5) is 16.2 Å². The molecule has 2 N–H and O–H groups in total. The molecule has 1 aromatic heterocycles. The monoisotopic (exact) mass is 531 g/mol. The van der Waals surface area contributed by atoms with E-state index in [9.17, 15) is 9.59 Å². The van der Waals surface area contributed by atoms with Crippen LogP contribution in [0.25, 0.3) is 21.8 Å². The number of aryl methyl sites for hydroxylation is 1. The highest BCUT2D eigenvalue weighted by Gasteiger charge is 2.37. The fourth-order valence-electron chi connectivity index (χ4n) is 4.91. The number of nitriles is 1. The Labute approximate surface area is 223 Å². The first kappa shape index (κ1) is 24.7. The van der Waals surface area contributed by atoms with Gasteiger partial charge in [0.2, 0.25) is 5.91 Å². The maximum atomic E-state index is 13.4. The van der Waals surface area contributed by atoms with Crippen molar-refractivity contribution in [3.63, 3.8) is 0 Å². The maximum Gasteiger partial charge on any atom is 0.322 e. The molecular formula is C28H23Cl2N5O2. The molecule has 0 spiro atoms. The SMILES string of the molecule is CCn1c2ccccc2c2cc(NC(=O)[C@@H]3CC(=CC#N)CN3C(=O)Nc3cc(Cl)cc(Cl)c3)ccc21. The van der Waals surface area contributed by atoms with Crippen molar-refractivity contribution in [3.05, 3.63) is 82.4 Å². The summed E-state index contributed by atoms with van der Waals surface area (Å²) >= 11 is 12.1. The van der Waals surface area contributed by atoms with Crippen LogP contribution in [0.5, 0.6) is 0 Å². The van der Waals surface area contributed by atoms with Gasteiger partial charge in [0, 0.05) is 68.8 Å². The Morgan fingerprint density at radius 2 is 1.73 bits per heavy atom. The number of aromatic nitrogens is 1. The van der Waals surface area contributed by atoms with Gasteiger partial charge in [-0.25, -0.2) is 4.79 Å². The molecule has 1 atom stereocenters. The fraction of sp³-hybridized carbons (Fsp3) is 0.179. The van der Waals surface area contributed by atoms with E-state index in [1.807, 2.05) is 36.4 Å². The molecule has 1 aliphatic rings. The third-order valence-electron chi connectivity index (χ3n) is 6.51. The van der Waals surface area contributed by atoms with Crippen LogP contribution in [0.3, 0.4) is 0 Å². The maximum absolute atomic E-state index is 13.4. The van der Waals surface area contributed by atoms with Gasteiger partial charge in [-0.1, -0.05) is 41.4 Å². The third-order valence-corrected chi connectivity index (χ3v) is 6.94. The molecule has 0 saturated carbocycles. The van der Waals surface area contributed by atoms with Gasteiger partial charge in [0.25, 0.3) is 0 Å². The number of likely N-dealkylation sites (tertiary alicyclic amines) is 1. The number of halogens is 2. The first-order valence-corrected chi connectivity index (χ1v) is 12.6. The van der Waals surface area contributed by atoms with E-state index in [4.69, 9.17) is 28.5 Å². The summed E-state index contributed by atoms with van der Waals surface area (Å²) in [6.07, 6.45) is 1.65. The molecule has 0 unspecified atom stereocenters. The van der Waals surface area contributed by atoms with Gasteiger partial charge in [0.15, 0.2) is 0 Å². The Kier molecular flexibility index (Phi) is 6.79. The summed E-state index contributed by atoms with van der Waals surface area (Å²) in [6, 6.07) is 19.4. The Morgan fingerprint density at radius 1 is 1.00 bits per heavy atom. The predicted molar refractivity (Wildman–Crippen MR) is 148 cm³/mol. The number of benzene rings is 3. The van der Waals surface area contributed by atoms with Crippen molar-refractivity contribution < 1.29 is 9.59 Å². The highest BCUT2D eigenvalue weighted by atomic mass is 35.5. The van der Waals surface area contributed by atoms with Crippen molar-refractivity contribution in [2.24, 2.45) is 0 Å². The van der Waals surface area contributed by atoms with Crippen LogP contribution in [0.2, 0.25) is 10.0 Å². The molecule has 0 bridgehead atoms. The number of hydrogen-bond donors (Lipinski definition) is 2. The number of amides is 3. The van der Waals surface area contributed by atoms with Crippen LogP contribution >= 0.6 is 23.2 Å². The van der Waals surface area contributed by atoms with E-state index in [-0.39, 0.29) is 18.9 Å². The van der Waals surface area contributed by atoms with E-state index >= 15 is 0 Å². The lowest BCUT2D eigenvalue weighted by atomic mass is 10.1. The highest BCUT2D eigenvalue weighted by molar-refractivity contribution is 6.35. The van der Waals surface area contributed by atoms with Crippen LogP contribution in [-0.4, -0.2) is 34.0 Å². The van der Waals surface area contributed by atoms with Crippen molar-refractivity contribution in [1.82, 2.24) is 9.47 Å². The molecule has 7 nitrogen and oxygen atoms in total. The van der Waals surface area contributed by atoms with Crippen LogP contribution < -0.4 is 10.6 Å². The molecule has 0 radical (unpaired) electrons. The number of carbonyl (C=O) groups is 2. The number of rotatable bonds is 4. The Morgan fingerprint density at radius 3 is 2.46 bits per heavy atom. The van der Waals surface area contributed by atoms with Crippen molar-refractivity contribution in [1.29, 1.82) is 5.26 Å². The fourth-order valence-corrected chi connectivity index (χ4v) is 5.44. The summed E-state index contributed by atoms with van der Waals surface area (Å²) in [4.78, 5) is 28.0. The number of carbonyl (C=O) groups excluding carboxylic acids is 2. The second-order valence-electron chi connectivity index (χ2n) is 8.85. The largest absolute Gasteiger partial charge is 0.341 e. The predicted octanol–water partition coefficient (Wildman–Crippen LogP) is 6.82. The number of fused-ring (bicyclic) bond motifs is 3. The van der Waals surface area contributed by atoms with Gasteiger partial charge in [0.05, 0.1) is 6.07 Å². The molecule has 9 heteroatoms. The van der Waals surface area contributed by atoms with Gasteiger partial charge < -0.3 is 20.1 Å². The summed E-state index contributed by atoms with van der Waals surface area (Å²) in [5.74, 6) is -0.334. The van der Waals surface area contributed by atoms with Gasteiger partial charge in [-0.15, -0.1) is 0 Å². The molecule has 186 valence electrons. The van der Waals surface area contributed by atoms with E-state index in [0.717, 1.165) is 28.4 Å².